The minimum absolute atomic E-state index is 0. The van der Waals surface area contributed by atoms with Crippen LogP contribution in [0.4, 0.5) is 0 Å². The summed E-state index contributed by atoms with van der Waals surface area (Å²) < 4.78 is 0. The van der Waals surface area contributed by atoms with Crippen LogP contribution >= 0.6 is 12.4 Å². The third kappa shape index (κ3) is 8.48. The van der Waals surface area contributed by atoms with Crippen LogP contribution in [0.2, 0.25) is 0 Å². The molecule has 0 heterocycles. The van der Waals surface area contributed by atoms with E-state index in [1.807, 2.05) is 0 Å². The van der Waals surface area contributed by atoms with Gasteiger partial charge in [0.1, 0.15) is 0 Å². The summed E-state index contributed by atoms with van der Waals surface area (Å²) in [5, 5.41) is 0. The second-order valence-electron chi connectivity index (χ2n) is 1.47. The molecule has 0 aromatic heterocycles. The van der Waals surface area contributed by atoms with E-state index >= 15 is 0 Å². The van der Waals surface area contributed by atoms with E-state index in [1.165, 1.54) is 5.57 Å². The van der Waals surface area contributed by atoms with Crippen molar-refractivity contribution < 1.29 is 21.7 Å². The van der Waals surface area contributed by atoms with E-state index in [-0.39, 0.29) is 34.1 Å². The Morgan fingerprint density at radius 2 is 2.00 bits per heavy atom. The average Bonchev–Trinajstić information content (AvgIpc) is 2.24. The van der Waals surface area contributed by atoms with Gasteiger partial charge < -0.3 is 6.92 Å². The minimum Gasteiger partial charge on any atom is -0.346 e. The number of allylic oxidation sites excluding steroid dienone is 4. The zero-order chi connectivity index (χ0) is 6.41. The van der Waals surface area contributed by atoms with Crippen molar-refractivity contribution in [3.63, 3.8) is 0 Å². The van der Waals surface area contributed by atoms with Crippen molar-refractivity contribution in [2.24, 2.45) is 0 Å². The van der Waals surface area contributed by atoms with Gasteiger partial charge in [0.05, 0.1) is 0 Å². The first kappa shape index (κ1) is 16.8. The molecule has 0 nitrogen and oxygen atoms in total. The fourth-order valence-electron chi connectivity index (χ4n) is 0.515. The van der Waals surface area contributed by atoms with Crippen molar-refractivity contribution in [3.8, 4) is 0 Å². The van der Waals surface area contributed by atoms with Crippen LogP contribution in [0, 0.1) is 13.0 Å². The molecule has 0 amide bonds. The average molecular weight is 193 g/mol. The van der Waals surface area contributed by atoms with Crippen molar-refractivity contribution in [1.29, 1.82) is 0 Å². The van der Waals surface area contributed by atoms with Crippen molar-refractivity contribution in [2.75, 3.05) is 0 Å². The summed E-state index contributed by atoms with van der Waals surface area (Å²) in [5.41, 5.74) is 1.27. The van der Waals surface area contributed by atoms with Gasteiger partial charge in [-0.1, -0.05) is 6.92 Å². The van der Waals surface area contributed by atoms with Crippen molar-refractivity contribution in [2.45, 2.75) is 20.3 Å². The Balaban J connectivity index is -0.000000114. The molecule has 0 atom stereocenters. The Kier molecular flexibility index (Phi) is 20.5. The summed E-state index contributed by atoms with van der Waals surface area (Å²) in [6.45, 7) is 7.06. The molecule has 0 bridgehead atoms. The fourth-order valence-corrected chi connectivity index (χ4v) is 0.515. The molecule has 0 fully saturated rings. The monoisotopic (exact) mass is 192 g/mol. The zero-order valence-corrected chi connectivity index (χ0v) is 8.86. The normalized spacial score (nSPS) is 11.7. The Morgan fingerprint density at radius 3 is 2.10 bits per heavy atom. The molecule has 56 valence electrons. The molecule has 2 heteroatoms. The molecule has 10 heavy (non-hydrogen) atoms. The summed E-state index contributed by atoms with van der Waals surface area (Å²) in [5.74, 6) is 0. The van der Waals surface area contributed by atoms with E-state index in [0.29, 0.717) is 0 Å². The van der Waals surface area contributed by atoms with Gasteiger partial charge in [0.15, 0.2) is 0 Å². The molecule has 0 radical (unpaired) electrons. The number of halogens is 1. The van der Waals surface area contributed by atoms with Crippen LogP contribution in [0.25, 0.3) is 0 Å². The quantitative estimate of drug-likeness (QED) is 0.409. The van der Waals surface area contributed by atoms with Gasteiger partial charge in [0, 0.05) is 0 Å². The minimum atomic E-state index is 0. The number of hydrogen-bond acceptors (Lipinski definition) is 0. The largest absolute Gasteiger partial charge is 2.00 e. The molecule has 1 aliphatic carbocycles. The second-order valence-corrected chi connectivity index (χ2v) is 1.47. The zero-order valence-electron chi connectivity index (χ0n) is 6.48. The second kappa shape index (κ2) is 12.2. The van der Waals surface area contributed by atoms with Gasteiger partial charge in [-0.3, -0.25) is 6.08 Å². The Labute approximate surface area is 85.1 Å². The molecule has 0 N–H and O–H groups in total. The van der Waals surface area contributed by atoms with E-state index in [2.05, 4.69) is 32.1 Å². The number of rotatable bonds is 0. The first-order chi connectivity index (χ1) is 3.89. The Morgan fingerprint density at radius 1 is 1.50 bits per heavy atom. The molecule has 0 aromatic carbocycles. The molecule has 0 saturated carbocycles. The Bertz CT molecular complexity index is 103. The van der Waals surface area contributed by atoms with Gasteiger partial charge in [-0.15, -0.1) is 18.8 Å². The first-order valence-corrected chi connectivity index (χ1v) is 2.84. The van der Waals surface area contributed by atoms with Crippen molar-refractivity contribution in [1.82, 2.24) is 0 Å². The summed E-state index contributed by atoms with van der Waals surface area (Å²) in [4.78, 5) is 0. The van der Waals surface area contributed by atoms with E-state index in [4.69, 9.17) is 0 Å². The summed E-state index contributed by atoms with van der Waals surface area (Å²) in [7, 11) is 0. The molecular weight excluding hydrogens is 179 g/mol. The van der Waals surface area contributed by atoms with Crippen LogP contribution in [-0.4, -0.2) is 0 Å². The van der Waals surface area contributed by atoms with Crippen molar-refractivity contribution in [3.05, 3.63) is 30.7 Å². The van der Waals surface area contributed by atoms with Crippen LogP contribution in [0.15, 0.2) is 17.7 Å². The van der Waals surface area contributed by atoms with Gasteiger partial charge in [-0.25, -0.2) is 11.6 Å². The fraction of sp³-hybridized carbons (Fsp3) is 0.375. The topological polar surface area (TPSA) is 0 Å². The van der Waals surface area contributed by atoms with Gasteiger partial charge in [-0.05, 0) is 0 Å². The smallest absolute Gasteiger partial charge is 0.346 e. The molecule has 0 saturated heterocycles. The first-order valence-electron chi connectivity index (χ1n) is 2.84. The van der Waals surface area contributed by atoms with Crippen LogP contribution in [0.1, 0.15) is 20.3 Å². The SMILES string of the molecule is CC1=[C-]CC=C1.Cl.[CH2-]C.[Ti+2]. The van der Waals surface area contributed by atoms with Crippen LogP contribution in [-0.2, 0) is 21.7 Å². The molecule has 0 aliphatic heterocycles. The summed E-state index contributed by atoms with van der Waals surface area (Å²) in [6, 6.07) is 0. The Hall–Kier alpha value is 0.484. The number of hydrogen-bond donors (Lipinski definition) is 0. The standard InChI is InChI=1S/C6H7.C2H5.ClH.Ti/c1-6-4-2-3-5-6;1-2;;/h2,4H,3H2,1H3;1H2,2H3;1H;/q2*-1;;+2. The van der Waals surface area contributed by atoms with Crippen LogP contribution < -0.4 is 0 Å². The summed E-state index contributed by atoms with van der Waals surface area (Å²) in [6.07, 6.45) is 8.33. The van der Waals surface area contributed by atoms with Gasteiger partial charge in [-0.2, -0.15) is 13.0 Å². The van der Waals surface area contributed by atoms with Gasteiger partial charge in [0.2, 0.25) is 0 Å². The van der Waals surface area contributed by atoms with Gasteiger partial charge >= 0.3 is 21.7 Å². The third-order valence-corrected chi connectivity index (χ3v) is 0.867. The third-order valence-electron chi connectivity index (χ3n) is 0.867. The van der Waals surface area contributed by atoms with Crippen molar-refractivity contribution >= 4 is 12.4 Å². The molecule has 0 spiro atoms. The maximum Gasteiger partial charge on any atom is 2.00 e. The maximum atomic E-state index is 3.25. The molecular formula is C8H13ClTi. The van der Waals surface area contributed by atoms with Gasteiger partial charge in [0.25, 0.3) is 0 Å². The van der Waals surface area contributed by atoms with Crippen LogP contribution in [0.3, 0.4) is 0 Å². The molecule has 0 aromatic rings. The molecule has 1 rings (SSSR count). The van der Waals surface area contributed by atoms with E-state index in [9.17, 15) is 0 Å². The predicted octanol–water partition coefficient (Wildman–Crippen LogP) is 2.96. The summed E-state index contributed by atoms with van der Waals surface area (Å²) >= 11 is 0. The molecule has 1 aliphatic rings. The van der Waals surface area contributed by atoms with E-state index < -0.39 is 0 Å². The van der Waals surface area contributed by atoms with E-state index in [0.717, 1.165) is 6.42 Å². The predicted molar refractivity (Wildman–Crippen MR) is 44.5 cm³/mol. The van der Waals surface area contributed by atoms with Crippen LogP contribution in [0.5, 0.6) is 0 Å². The van der Waals surface area contributed by atoms with E-state index in [1.54, 1.807) is 6.92 Å². The molecule has 0 unspecified atom stereocenters. The maximum absolute atomic E-state index is 3.25.